The molecule has 2 amide bonds. The zero-order valence-corrected chi connectivity index (χ0v) is 14.2. The van der Waals surface area contributed by atoms with E-state index < -0.39 is 0 Å². The summed E-state index contributed by atoms with van der Waals surface area (Å²) in [6.07, 6.45) is 0. The summed E-state index contributed by atoms with van der Waals surface area (Å²) in [6.45, 7) is 0.511. The molecule has 7 heteroatoms. The van der Waals surface area contributed by atoms with E-state index in [1.807, 2.05) is 24.3 Å². The molecular formula is C17H15ClN2O3S. The van der Waals surface area contributed by atoms with Crippen LogP contribution in [0, 0.1) is 0 Å². The number of anilines is 1. The third-order valence-electron chi connectivity index (χ3n) is 3.35. The molecule has 2 aromatic carbocycles. The third kappa shape index (κ3) is 4.21. The number of ether oxygens (including phenoxy) is 1. The van der Waals surface area contributed by atoms with Crippen molar-refractivity contribution in [3.05, 3.63) is 53.1 Å². The van der Waals surface area contributed by atoms with Crippen LogP contribution in [0.15, 0.2) is 47.4 Å². The predicted molar refractivity (Wildman–Crippen MR) is 95.1 cm³/mol. The molecule has 124 valence electrons. The molecule has 1 aliphatic rings. The summed E-state index contributed by atoms with van der Waals surface area (Å²) in [5.74, 6) is 0.900. The van der Waals surface area contributed by atoms with E-state index in [4.69, 9.17) is 16.3 Å². The summed E-state index contributed by atoms with van der Waals surface area (Å²) in [5, 5.41) is 6.27. The second-order valence-electron chi connectivity index (χ2n) is 5.11. The lowest BCUT2D eigenvalue weighted by atomic mass is 10.1. The molecule has 3 rings (SSSR count). The molecule has 0 bridgehead atoms. The molecule has 5 nitrogen and oxygen atoms in total. The Morgan fingerprint density at radius 3 is 2.83 bits per heavy atom. The second-order valence-corrected chi connectivity index (χ2v) is 6.71. The highest BCUT2D eigenvalue weighted by molar-refractivity contribution is 7.99. The molecule has 24 heavy (non-hydrogen) atoms. The normalized spacial score (nSPS) is 12.8. The molecule has 1 aliphatic heterocycles. The van der Waals surface area contributed by atoms with Gasteiger partial charge in [0, 0.05) is 27.8 Å². The monoisotopic (exact) mass is 362 g/mol. The van der Waals surface area contributed by atoms with Gasteiger partial charge in [-0.15, -0.1) is 11.8 Å². The fourth-order valence-electron chi connectivity index (χ4n) is 2.18. The SMILES string of the molecule is O=C1COc2cc(C(=O)NCCSc3ccc(Cl)cc3)ccc2N1. The van der Waals surface area contributed by atoms with Crippen molar-refractivity contribution in [3.63, 3.8) is 0 Å². The van der Waals surface area contributed by atoms with Crippen LogP contribution in [0.1, 0.15) is 10.4 Å². The number of halogens is 1. The van der Waals surface area contributed by atoms with Gasteiger partial charge in [0.25, 0.3) is 11.8 Å². The minimum absolute atomic E-state index is 0.0319. The highest BCUT2D eigenvalue weighted by Crippen LogP contribution is 2.28. The highest BCUT2D eigenvalue weighted by atomic mass is 35.5. The van der Waals surface area contributed by atoms with E-state index in [1.54, 1.807) is 30.0 Å². The molecule has 2 aromatic rings. The van der Waals surface area contributed by atoms with Gasteiger partial charge in [-0.2, -0.15) is 0 Å². The largest absolute Gasteiger partial charge is 0.482 e. The number of carbonyl (C=O) groups is 2. The predicted octanol–water partition coefficient (Wildman–Crippen LogP) is 3.19. The second kappa shape index (κ2) is 7.59. The van der Waals surface area contributed by atoms with Crippen LogP contribution in [0.3, 0.4) is 0 Å². The number of carbonyl (C=O) groups excluding carboxylic acids is 2. The Morgan fingerprint density at radius 2 is 2.04 bits per heavy atom. The average molecular weight is 363 g/mol. The number of hydrogen-bond acceptors (Lipinski definition) is 4. The van der Waals surface area contributed by atoms with E-state index >= 15 is 0 Å². The van der Waals surface area contributed by atoms with Gasteiger partial charge in [-0.25, -0.2) is 0 Å². The van der Waals surface area contributed by atoms with Crippen molar-refractivity contribution in [1.29, 1.82) is 0 Å². The number of amides is 2. The minimum Gasteiger partial charge on any atom is -0.482 e. The van der Waals surface area contributed by atoms with Gasteiger partial charge in [0.15, 0.2) is 6.61 Å². The zero-order chi connectivity index (χ0) is 16.9. The van der Waals surface area contributed by atoms with Crippen LogP contribution in [0.4, 0.5) is 5.69 Å². The van der Waals surface area contributed by atoms with E-state index in [-0.39, 0.29) is 18.4 Å². The van der Waals surface area contributed by atoms with E-state index in [9.17, 15) is 9.59 Å². The summed E-state index contributed by atoms with van der Waals surface area (Å²) in [7, 11) is 0. The Labute approximate surface area is 148 Å². The van der Waals surface area contributed by atoms with Gasteiger partial charge in [0.05, 0.1) is 5.69 Å². The summed E-state index contributed by atoms with van der Waals surface area (Å²) >= 11 is 7.49. The highest BCUT2D eigenvalue weighted by Gasteiger charge is 2.17. The fourth-order valence-corrected chi connectivity index (χ4v) is 3.08. The molecule has 0 aromatic heterocycles. The van der Waals surface area contributed by atoms with Gasteiger partial charge < -0.3 is 15.4 Å². The molecule has 2 N–H and O–H groups in total. The molecule has 0 atom stereocenters. The minimum atomic E-state index is -0.195. The van der Waals surface area contributed by atoms with E-state index in [1.165, 1.54) is 0 Å². The molecule has 0 aliphatic carbocycles. The first-order valence-corrected chi connectivity index (χ1v) is 8.71. The Bertz CT molecular complexity index is 765. The molecule has 0 saturated carbocycles. The Kier molecular flexibility index (Phi) is 5.27. The number of hydrogen-bond donors (Lipinski definition) is 2. The van der Waals surface area contributed by atoms with E-state index in [0.717, 1.165) is 10.6 Å². The summed E-state index contributed by atoms with van der Waals surface area (Å²) in [5.41, 5.74) is 1.09. The quantitative estimate of drug-likeness (QED) is 0.633. The molecule has 0 radical (unpaired) electrons. The van der Waals surface area contributed by atoms with Crippen LogP contribution in [0.5, 0.6) is 5.75 Å². The lowest BCUT2D eigenvalue weighted by Gasteiger charge is -2.18. The average Bonchev–Trinajstić information content (AvgIpc) is 2.59. The molecule has 0 fully saturated rings. The van der Waals surface area contributed by atoms with Gasteiger partial charge in [-0.1, -0.05) is 11.6 Å². The number of rotatable bonds is 5. The summed E-state index contributed by atoms with van der Waals surface area (Å²) in [4.78, 5) is 24.5. The van der Waals surface area contributed by atoms with Crippen LogP contribution in [0.25, 0.3) is 0 Å². The standard InChI is InChI=1S/C17H15ClN2O3S/c18-12-2-4-13(5-3-12)24-8-7-19-17(22)11-1-6-14-15(9-11)23-10-16(21)20-14/h1-6,9H,7-8,10H2,(H,19,22)(H,20,21). The number of benzene rings is 2. The van der Waals surface area contributed by atoms with E-state index in [0.29, 0.717) is 28.6 Å². The molecular weight excluding hydrogens is 348 g/mol. The maximum absolute atomic E-state index is 12.2. The van der Waals surface area contributed by atoms with Crippen molar-refractivity contribution < 1.29 is 14.3 Å². The van der Waals surface area contributed by atoms with Crippen molar-refractivity contribution in [1.82, 2.24) is 5.32 Å². The van der Waals surface area contributed by atoms with E-state index in [2.05, 4.69) is 10.6 Å². The lowest BCUT2D eigenvalue weighted by Crippen LogP contribution is -2.27. The van der Waals surface area contributed by atoms with Crippen LogP contribution in [-0.4, -0.2) is 30.7 Å². The Hall–Kier alpha value is -2.18. The first-order valence-electron chi connectivity index (χ1n) is 7.35. The molecule has 1 heterocycles. The zero-order valence-electron chi connectivity index (χ0n) is 12.7. The van der Waals surface area contributed by atoms with Gasteiger partial charge in [-0.05, 0) is 42.5 Å². The summed E-state index contributed by atoms with van der Waals surface area (Å²) in [6, 6.07) is 12.5. The molecule has 0 saturated heterocycles. The van der Waals surface area contributed by atoms with Crippen molar-refractivity contribution in [2.75, 3.05) is 24.2 Å². The van der Waals surface area contributed by atoms with Gasteiger partial charge in [0.2, 0.25) is 0 Å². The Morgan fingerprint density at radius 1 is 1.25 bits per heavy atom. The van der Waals surface area contributed by atoms with Crippen LogP contribution in [-0.2, 0) is 4.79 Å². The lowest BCUT2D eigenvalue weighted by molar-refractivity contribution is -0.118. The number of nitrogens with one attached hydrogen (secondary N) is 2. The van der Waals surface area contributed by atoms with Gasteiger partial charge in [-0.3, -0.25) is 9.59 Å². The van der Waals surface area contributed by atoms with Crippen LogP contribution in [0.2, 0.25) is 5.02 Å². The van der Waals surface area contributed by atoms with Crippen molar-refractivity contribution >= 4 is 40.9 Å². The van der Waals surface area contributed by atoms with Crippen molar-refractivity contribution in [3.8, 4) is 5.75 Å². The maximum Gasteiger partial charge on any atom is 0.262 e. The van der Waals surface area contributed by atoms with Crippen molar-refractivity contribution in [2.24, 2.45) is 0 Å². The maximum atomic E-state index is 12.2. The Balaban J connectivity index is 1.50. The van der Waals surface area contributed by atoms with Crippen LogP contribution >= 0.6 is 23.4 Å². The molecule has 0 unspecified atom stereocenters. The van der Waals surface area contributed by atoms with Gasteiger partial charge >= 0.3 is 0 Å². The number of fused-ring (bicyclic) bond motifs is 1. The van der Waals surface area contributed by atoms with Crippen LogP contribution < -0.4 is 15.4 Å². The smallest absolute Gasteiger partial charge is 0.262 e. The topological polar surface area (TPSA) is 67.4 Å². The van der Waals surface area contributed by atoms with Gasteiger partial charge in [0.1, 0.15) is 5.75 Å². The first kappa shape index (κ1) is 16.7. The molecule has 0 spiro atoms. The summed E-state index contributed by atoms with van der Waals surface area (Å²) < 4.78 is 5.31. The fraction of sp³-hybridized carbons (Fsp3) is 0.176. The van der Waals surface area contributed by atoms with Crippen molar-refractivity contribution in [2.45, 2.75) is 4.90 Å². The number of thioether (sulfide) groups is 1. The third-order valence-corrected chi connectivity index (χ3v) is 4.61. The first-order chi connectivity index (χ1) is 11.6.